The summed E-state index contributed by atoms with van der Waals surface area (Å²) in [7, 11) is 0. The number of pyridine rings is 1. The molecule has 0 fully saturated rings. The molecular formula is C19H14N2O3S2. The van der Waals surface area contributed by atoms with Crippen LogP contribution in [0.4, 0.5) is 0 Å². The van der Waals surface area contributed by atoms with Crippen molar-refractivity contribution in [1.29, 1.82) is 0 Å². The highest BCUT2D eigenvalue weighted by Crippen LogP contribution is 2.25. The average molecular weight is 382 g/mol. The van der Waals surface area contributed by atoms with E-state index in [9.17, 15) is 9.59 Å². The molecule has 4 aromatic rings. The van der Waals surface area contributed by atoms with E-state index < -0.39 is 0 Å². The SMILES string of the molecule is C=CCn1c(=O)c2ccccc2c2c(=S)n(Cc3ccco3)c(=O)sc21. The number of furan rings is 1. The lowest BCUT2D eigenvalue weighted by Gasteiger charge is -2.13. The highest BCUT2D eigenvalue weighted by Gasteiger charge is 2.15. The average Bonchev–Trinajstić information content (AvgIpc) is 3.15. The Labute approximate surface area is 157 Å². The Balaban J connectivity index is 2.17. The predicted octanol–water partition coefficient (Wildman–Crippen LogP) is 3.93. The van der Waals surface area contributed by atoms with Crippen molar-refractivity contribution in [2.24, 2.45) is 0 Å². The molecule has 0 unspecified atom stereocenters. The number of benzene rings is 1. The van der Waals surface area contributed by atoms with Gasteiger partial charge in [-0.1, -0.05) is 47.8 Å². The number of allylic oxidation sites excluding steroid dienone is 1. The Bertz CT molecular complexity index is 1310. The zero-order valence-corrected chi connectivity index (χ0v) is 15.3. The van der Waals surface area contributed by atoms with Crippen molar-refractivity contribution in [1.82, 2.24) is 9.13 Å². The number of aromatic nitrogens is 2. The standard InChI is InChI=1S/C19H14N2O3S2/c1-2-9-20-16(22)14-8-4-3-7-13(14)15-17(25)21(19(23)26-18(15)20)11-12-6-5-10-24-12/h2-8,10H,1,9,11H2. The van der Waals surface area contributed by atoms with E-state index in [2.05, 4.69) is 6.58 Å². The van der Waals surface area contributed by atoms with Crippen molar-refractivity contribution in [3.8, 4) is 0 Å². The van der Waals surface area contributed by atoms with Gasteiger partial charge in [-0.15, -0.1) is 6.58 Å². The van der Waals surface area contributed by atoms with Crippen molar-refractivity contribution in [3.63, 3.8) is 0 Å². The summed E-state index contributed by atoms with van der Waals surface area (Å²) in [4.78, 5) is 25.9. The molecule has 0 saturated heterocycles. The van der Waals surface area contributed by atoms with E-state index in [1.54, 1.807) is 35.1 Å². The lowest BCUT2D eigenvalue weighted by molar-refractivity contribution is 0.490. The summed E-state index contributed by atoms with van der Waals surface area (Å²) in [5.74, 6) is 0.647. The van der Waals surface area contributed by atoms with Gasteiger partial charge in [-0.2, -0.15) is 0 Å². The quantitative estimate of drug-likeness (QED) is 0.305. The monoisotopic (exact) mass is 382 g/mol. The first-order chi connectivity index (χ1) is 12.6. The largest absolute Gasteiger partial charge is 0.467 e. The van der Waals surface area contributed by atoms with E-state index in [0.717, 1.165) is 22.1 Å². The fraction of sp³-hybridized carbons (Fsp3) is 0.105. The smallest absolute Gasteiger partial charge is 0.310 e. The van der Waals surface area contributed by atoms with E-state index in [0.29, 0.717) is 27.2 Å². The van der Waals surface area contributed by atoms with Gasteiger partial charge in [0.15, 0.2) is 0 Å². The molecule has 0 aliphatic rings. The summed E-state index contributed by atoms with van der Waals surface area (Å²) >= 11 is 6.67. The normalized spacial score (nSPS) is 11.2. The van der Waals surface area contributed by atoms with Crippen LogP contribution in [0.2, 0.25) is 0 Å². The molecule has 0 atom stereocenters. The molecule has 4 rings (SSSR count). The lowest BCUT2D eigenvalue weighted by atomic mass is 10.1. The minimum absolute atomic E-state index is 0.151. The molecule has 1 aromatic carbocycles. The molecule has 0 bridgehead atoms. The molecule has 0 saturated carbocycles. The summed E-state index contributed by atoms with van der Waals surface area (Å²) < 4.78 is 8.83. The van der Waals surface area contributed by atoms with Crippen molar-refractivity contribution in [3.05, 3.63) is 85.7 Å². The lowest BCUT2D eigenvalue weighted by Crippen LogP contribution is -2.24. The second-order valence-corrected chi connectivity index (χ2v) is 7.10. The number of nitrogens with zero attached hydrogens (tertiary/aromatic N) is 2. The molecule has 0 N–H and O–H groups in total. The number of rotatable bonds is 4. The summed E-state index contributed by atoms with van der Waals surface area (Å²) in [5.41, 5.74) is -0.151. The van der Waals surface area contributed by atoms with Crippen LogP contribution in [-0.2, 0) is 13.1 Å². The molecule has 5 nitrogen and oxygen atoms in total. The van der Waals surface area contributed by atoms with Crippen LogP contribution in [0.15, 0.2) is 69.3 Å². The molecule has 130 valence electrons. The minimum Gasteiger partial charge on any atom is -0.467 e. The second-order valence-electron chi connectivity index (χ2n) is 5.77. The van der Waals surface area contributed by atoms with Crippen LogP contribution in [0.25, 0.3) is 21.0 Å². The third kappa shape index (κ3) is 2.56. The zero-order chi connectivity index (χ0) is 18.3. The van der Waals surface area contributed by atoms with Gasteiger partial charge in [0, 0.05) is 17.3 Å². The third-order valence-corrected chi connectivity index (χ3v) is 5.64. The highest BCUT2D eigenvalue weighted by atomic mass is 32.1. The Hall–Kier alpha value is -2.77. The van der Waals surface area contributed by atoms with Crippen LogP contribution in [0.3, 0.4) is 0 Å². The molecule has 0 aliphatic carbocycles. The summed E-state index contributed by atoms with van der Waals surface area (Å²) in [5, 5.41) is 2.05. The van der Waals surface area contributed by atoms with Crippen LogP contribution in [0.5, 0.6) is 0 Å². The molecule has 0 radical (unpaired) electrons. The van der Waals surface area contributed by atoms with Crippen LogP contribution >= 0.6 is 23.6 Å². The van der Waals surface area contributed by atoms with Crippen LogP contribution in [-0.4, -0.2) is 9.13 Å². The zero-order valence-electron chi connectivity index (χ0n) is 13.7. The van der Waals surface area contributed by atoms with Gasteiger partial charge in [0.25, 0.3) is 5.56 Å². The summed E-state index contributed by atoms with van der Waals surface area (Å²) in [6, 6.07) is 10.9. The fourth-order valence-corrected chi connectivity index (χ4v) is 4.52. The number of hydrogen-bond donors (Lipinski definition) is 0. The fourth-order valence-electron chi connectivity index (χ4n) is 3.03. The third-order valence-electron chi connectivity index (χ3n) is 4.20. The summed E-state index contributed by atoms with van der Waals surface area (Å²) in [6.45, 7) is 4.29. The second kappa shape index (κ2) is 6.51. The van der Waals surface area contributed by atoms with Crippen molar-refractivity contribution in [2.75, 3.05) is 0 Å². The van der Waals surface area contributed by atoms with Gasteiger partial charge in [-0.25, -0.2) is 0 Å². The Morgan fingerprint density at radius 3 is 2.58 bits per heavy atom. The molecule has 3 heterocycles. The first-order valence-corrected chi connectivity index (χ1v) is 9.16. The van der Waals surface area contributed by atoms with E-state index in [1.165, 1.54) is 4.57 Å². The van der Waals surface area contributed by atoms with E-state index in [-0.39, 0.29) is 17.0 Å². The molecule has 26 heavy (non-hydrogen) atoms. The van der Waals surface area contributed by atoms with Gasteiger partial charge >= 0.3 is 4.87 Å². The van der Waals surface area contributed by atoms with Gasteiger partial charge in [0.1, 0.15) is 15.2 Å². The number of fused-ring (bicyclic) bond motifs is 3. The Morgan fingerprint density at radius 1 is 1.12 bits per heavy atom. The first-order valence-electron chi connectivity index (χ1n) is 7.94. The molecule has 7 heteroatoms. The van der Waals surface area contributed by atoms with Gasteiger partial charge in [0.05, 0.1) is 18.2 Å². The maximum absolute atomic E-state index is 12.9. The van der Waals surface area contributed by atoms with Gasteiger partial charge < -0.3 is 4.42 Å². The Morgan fingerprint density at radius 2 is 1.88 bits per heavy atom. The van der Waals surface area contributed by atoms with Crippen LogP contribution in [0, 0.1) is 4.64 Å². The maximum atomic E-state index is 12.9. The molecule has 0 spiro atoms. The summed E-state index contributed by atoms with van der Waals surface area (Å²) in [6.07, 6.45) is 3.20. The first kappa shape index (κ1) is 16.7. The maximum Gasteiger partial charge on any atom is 0.310 e. The Kier molecular flexibility index (Phi) is 4.18. The molecule has 3 aromatic heterocycles. The molecule has 0 aliphatic heterocycles. The minimum atomic E-state index is -0.230. The van der Waals surface area contributed by atoms with E-state index in [1.807, 2.05) is 18.2 Å². The van der Waals surface area contributed by atoms with E-state index >= 15 is 0 Å². The number of hydrogen-bond acceptors (Lipinski definition) is 5. The predicted molar refractivity (Wildman–Crippen MR) is 107 cm³/mol. The van der Waals surface area contributed by atoms with Crippen molar-refractivity contribution in [2.45, 2.75) is 13.1 Å². The molecular weight excluding hydrogens is 368 g/mol. The van der Waals surface area contributed by atoms with Crippen LogP contribution < -0.4 is 10.4 Å². The van der Waals surface area contributed by atoms with Crippen molar-refractivity contribution < 1.29 is 4.42 Å². The van der Waals surface area contributed by atoms with Crippen molar-refractivity contribution >= 4 is 44.5 Å². The van der Waals surface area contributed by atoms with Gasteiger partial charge in [0.2, 0.25) is 0 Å². The highest BCUT2D eigenvalue weighted by molar-refractivity contribution is 7.71. The van der Waals surface area contributed by atoms with Gasteiger partial charge in [-0.3, -0.25) is 18.7 Å². The van der Waals surface area contributed by atoms with E-state index in [4.69, 9.17) is 16.6 Å². The van der Waals surface area contributed by atoms with Crippen LogP contribution in [0.1, 0.15) is 5.76 Å². The topological polar surface area (TPSA) is 57.1 Å². The van der Waals surface area contributed by atoms with Gasteiger partial charge in [-0.05, 0) is 18.2 Å². The molecule has 0 amide bonds.